The highest BCUT2D eigenvalue weighted by Gasteiger charge is 2.13. The van der Waals surface area contributed by atoms with Gasteiger partial charge in [-0.25, -0.2) is 0 Å². The summed E-state index contributed by atoms with van der Waals surface area (Å²) in [4.78, 5) is 12.2. The second-order valence-electron chi connectivity index (χ2n) is 5.85. The van der Waals surface area contributed by atoms with Gasteiger partial charge < -0.3 is 5.32 Å². The Kier molecular flexibility index (Phi) is 4.16. The van der Waals surface area contributed by atoms with Crippen molar-refractivity contribution in [2.24, 2.45) is 0 Å². The first-order valence-electron chi connectivity index (χ1n) is 7.63. The molecule has 1 aliphatic carbocycles. The number of carbonyl (C=O) groups excluding carboxylic acids is 1. The van der Waals surface area contributed by atoms with E-state index in [4.69, 9.17) is 0 Å². The average molecular weight is 279 g/mol. The molecule has 2 aromatic carbocycles. The van der Waals surface area contributed by atoms with Crippen LogP contribution in [0.3, 0.4) is 0 Å². The quantitative estimate of drug-likeness (QED) is 0.849. The van der Waals surface area contributed by atoms with Crippen LogP contribution in [0.15, 0.2) is 42.5 Å². The zero-order chi connectivity index (χ0) is 14.7. The molecule has 0 saturated heterocycles. The van der Waals surface area contributed by atoms with Gasteiger partial charge in [-0.2, -0.15) is 0 Å². The number of Topliss-reactive ketones (excluding diaryl/α,β-unsaturated/α-hetero) is 1. The van der Waals surface area contributed by atoms with E-state index in [9.17, 15) is 4.79 Å². The van der Waals surface area contributed by atoms with Gasteiger partial charge in [0.15, 0.2) is 5.78 Å². The minimum absolute atomic E-state index is 0.178. The highest BCUT2D eigenvalue weighted by atomic mass is 16.1. The Labute approximate surface area is 126 Å². The fraction of sp³-hybridized carbons (Fsp3) is 0.316. The van der Waals surface area contributed by atoms with Gasteiger partial charge in [-0.15, -0.1) is 0 Å². The van der Waals surface area contributed by atoms with Gasteiger partial charge in [-0.1, -0.05) is 42.0 Å². The number of fused-ring (bicyclic) bond motifs is 1. The summed E-state index contributed by atoms with van der Waals surface area (Å²) < 4.78 is 0. The summed E-state index contributed by atoms with van der Waals surface area (Å²) >= 11 is 0. The van der Waals surface area contributed by atoms with Gasteiger partial charge >= 0.3 is 0 Å². The Morgan fingerprint density at radius 3 is 2.62 bits per heavy atom. The minimum atomic E-state index is 0.178. The number of carbonyl (C=O) groups is 1. The highest BCUT2D eigenvalue weighted by Crippen LogP contribution is 2.22. The summed E-state index contributed by atoms with van der Waals surface area (Å²) in [5.41, 5.74) is 6.08. The van der Waals surface area contributed by atoms with E-state index in [1.807, 2.05) is 6.07 Å². The molecule has 0 saturated carbocycles. The lowest BCUT2D eigenvalue weighted by Crippen LogP contribution is -2.22. The summed E-state index contributed by atoms with van der Waals surface area (Å²) in [5, 5.41) is 3.24. The molecule has 3 rings (SSSR count). The Balaban J connectivity index is 1.55. The predicted molar refractivity (Wildman–Crippen MR) is 85.7 cm³/mol. The summed E-state index contributed by atoms with van der Waals surface area (Å²) in [5.74, 6) is 0.178. The zero-order valence-electron chi connectivity index (χ0n) is 12.5. The fourth-order valence-corrected chi connectivity index (χ4v) is 2.87. The van der Waals surface area contributed by atoms with Crippen molar-refractivity contribution in [1.82, 2.24) is 5.32 Å². The van der Waals surface area contributed by atoms with Crippen molar-refractivity contribution in [2.45, 2.75) is 32.7 Å². The topological polar surface area (TPSA) is 29.1 Å². The first kappa shape index (κ1) is 14.0. The molecule has 0 amide bonds. The number of rotatable bonds is 5. The largest absolute Gasteiger partial charge is 0.306 e. The molecular weight excluding hydrogens is 258 g/mol. The summed E-state index contributed by atoms with van der Waals surface area (Å²) in [6.07, 6.45) is 3.50. The van der Waals surface area contributed by atoms with Crippen LogP contribution in [0.25, 0.3) is 0 Å². The van der Waals surface area contributed by atoms with Crippen LogP contribution < -0.4 is 5.32 Å². The number of hydrogen-bond acceptors (Lipinski definition) is 2. The van der Waals surface area contributed by atoms with E-state index >= 15 is 0 Å². The maximum atomic E-state index is 12.2. The maximum Gasteiger partial charge on any atom is 0.176 e. The molecule has 2 aromatic rings. The first-order valence-corrected chi connectivity index (χ1v) is 7.63. The van der Waals surface area contributed by atoms with E-state index < -0.39 is 0 Å². The van der Waals surface area contributed by atoms with Crippen molar-refractivity contribution in [1.29, 1.82) is 0 Å². The number of ketones is 1. The molecule has 0 fully saturated rings. The second-order valence-corrected chi connectivity index (χ2v) is 5.85. The van der Waals surface area contributed by atoms with Crippen LogP contribution in [0, 0.1) is 6.92 Å². The number of aryl methyl sites for hydroxylation is 3. The van der Waals surface area contributed by atoms with E-state index in [-0.39, 0.29) is 5.78 Å². The van der Waals surface area contributed by atoms with Crippen molar-refractivity contribution in [3.8, 4) is 0 Å². The third-order valence-electron chi connectivity index (χ3n) is 4.16. The lowest BCUT2D eigenvalue weighted by atomic mass is 10.0. The van der Waals surface area contributed by atoms with Crippen LogP contribution in [0.2, 0.25) is 0 Å². The molecular formula is C19H21NO. The molecule has 2 heteroatoms. The third-order valence-corrected chi connectivity index (χ3v) is 4.16. The average Bonchev–Trinajstić information content (AvgIpc) is 2.96. The van der Waals surface area contributed by atoms with Crippen molar-refractivity contribution in [3.63, 3.8) is 0 Å². The summed E-state index contributed by atoms with van der Waals surface area (Å²) in [6, 6.07) is 14.6. The van der Waals surface area contributed by atoms with Gasteiger partial charge in [0.2, 0.25) is 0 Å². The van der Waals surface area contributed by atoms with Gasteiger partial charge in [0.25, 0.3) is 0 Å². The monoisotopic (exact) mass is 279 g/mol. The van der Waals surface area contributed by atoms with Gasteiger partial charge in [-0.3, -0.25) is 4.79 Å². The lowest BCUT2D eigenvalue weighted by Gasteiger charge is -2.07. The minimum Gasteiger partial charge on any atom is -0.306 e. The molecule has 0 unspecified atom stereocenters. The third kappa shape index (κ3) is 3.40. The van der Waals surface area contributed by atoms with Gasteiger partial charge in [0.05, 0.1) is 6.54 Å². The molecule has 0 aromatic heterocycles. The van der Waals surface area contributed by atoms with Crippen LogP contribution in [-0.4, -0.2) is 12.3 Å². The van der Waals surface area contributed by atoms with Crippen molar-refractivity contribution in [2.75, 3.05) is 6.54 Å². The molecule has 0 radical (unpaired) electrons. The van der Waals surface area contributed by atoms with E-state index in [0.29, 0.717) is 6.54 Å². The van der Waals surface area contributed by atoms with E-state index in [2.05, 4.69) is 48.6 Å². The Hall–Kier alpha value is -1.93. The number of hydrogen-bond donors (Lipinski definition) is 1. The Morgan fingerprint density at radius 2 is 1.81 bits per heavy atom. The molecule has 0 heterocycles. The van der Waals surface area contributed by atoms with Crippen LogP contribution >= 0.6 is 0 Å². The van der Waals surface area contributed by atoms with E-state index in [0.717, 1.165) is 24.9 Å². The summed E-state index contributed by atoms with van der Waals surface area (Å²) in [7, 11) is 0. The maximum absolute atomic E-state index is 12.2. The Morgan fingerprint density at radius 1 is 1.05 bits per heavy atom. The molecule has 1 N–H and O–H groups in total. The van der Waals surface area contributed by atoms with Gasteiger partial charge in [0.1, 0.15) is 0 Å². The standard InChI is InChI=1S/C19H21NO/c1-14-5-7-15(8-6-14)12-20-13-19(21)18-10-9-16-3-2-4-17(16)11-18/h5-11,20H,2-4,12-13H2,1H3. The van der Waals surface area contributed by atoms with Gasteiger partial charge in [0, 0.05) is 12.1 Å². The highest BCUT2D eigenvalue weighted by molar-refractivity contribution is 5.97. The molecule has 0 spiro atoms. The summed E-state index contributed by atoms with van der Waals surface area (Å²) in [6.45, 7) is 3.21. The lowest BCUT2D eigenvalue weighted by molar-refractivity contribution is 0.0990. The van der Waals surface area contributed by atoms with Gasteiger partial charge in [-0.05, 0) is 48.9 Å². The normalized spacial score (nSPS) is 13.2. The Bertz CT molecular complexity index is 643. The smallest absolute Gasteiger partial charge is 0.176 e. The molecule has 0 atom stereocenters. The molecule has 2 nitrogen and oxygen atoms in total. The van der Waals surface area contributed by atoms with Crippen LogP contribution in [0.5, 0.6) is 0 Å². The van der Waals surface area contributed by atoms with Crippen LogP contribution in [0.4, 0.5) is 0 Å². The van der Waals surface area contributed by atoms with Crippen molar-refractivity contribution >= 4 is 5.78 Å². The van der Waals surface area contributed by atoms with E-state index in [1.54, 1.807) is 0 Å². The number of nitrogens with one attached hydrogen (secondary N) is 1. The molecule has 0 aliphatic heterocycles. The first-order chi connectivity index (χ1) is 10.2. The predicted octanol–water partition coefficient (Wildman–Crippen LogP) is 3.46. The number of benzene rings is 2. The molecule has 0 bridgehead atoms. The van der Waals surface area contributed by atoms with Crippen LogP contribution in [-0.2, 0) is 19.4 Å². The van der Waals surface area contributed by atoms with Crippen molar-refractivity contribution in [3.05, 3.63) is 70.3 Å². The molecule has 108 valence electrons. The molecule has 1 aliphatic rings. The van der Waals surface area contributed by atoms with Crippen LogP contribution in [0.1, 0.15) is 39.0 Å². The van der Waals surface area contributed by atoms with E-state index in [1.165, 1.54) is 28.7 Å². The molecule has 21 heavy (non-hydrogen) atoms. The second kappa shape index (κ2) is 6.23. The van der Waals surface area contributed by atoms with Crippen molar-refractivity contribution < 1.29 is 4.79 Å². The fourth-order valence-electron chi connectivity index (χ4n) is 2.87. The zero-order valence-corrected chi connectivity index (χ0v) is 12.5. The SMILES string of the molecule is Cc1ccc(CNCC(=O)c2ccc3c(c2)CCC3)cc1.